The summed E-state index contributed by atoms with van der Waals surface area (Å²) in [6.45, 7) is 4.45. The lowest BCUT2D eigenvalue weighted by atomic mass is 10.2. The number of hydrogen-bond acceptors (Lipinski definition) is 6. The van der Waals surface area contributed by atoms with E-state index in [1.807, 2.05) is 26.0 Å². The van der Waals surface area contributed by atoms with Gasteiger partial charge < -0.3 is 10.1 Å². The molecule has 8 heteroatoms. The molecule has 1 amide bonds. The third-order valence-electron chi connectivity index (χ3n) is 2.87. The molecule has 0 aliphatic heterocycles. The first-order valence-corrected chi connectivity index (χ1v) is 9.41. The van der Waals surface area contributed by atoms with Crippen LogP contribution >= 0.6 is 34.7 Å². The zero-order valence-electron chi connectivity index (χ0n) is 13.0. The predicted octanol–water partition coefficient (Wildman–Crippen LogP) is 4.41. The Morgan fingerprint density at radius 2 is 2.26 bits per heavy atom. The van der Waals surface area contributed by atoms with Crippen LogP contribution in [0.5, 0.6) is 5.75 Å². The van der Waals surface area contributed by atoms with Crippen LogP contribution in [0, 0.1) is 6.92 Å². The van der Waals surface area contributed by atoms with Gasteiger partial charge in [0.1, 0.15) is 5.75 Å². The molecular formula is C15H18ClN3O2S2. The van der Waals surface area contributed by atoms with E-state index in [4.69, 9.17) is 16.3 Å². The second-order valence-corrected chi connectivity index (χ2v) is 7.61. The number of halogens is 1. The summed E-state index contributed by atoms with van der Waals surface area (Å²) >= 11 is 8.96. The highest BCUT2D eigenvalue weighted by molar-refractivity contribution is 8.01. The lowest BCUT2D eigenvalue weighted by Crippen LogP contribution is -2.12. The summed E-state index contributed by atoms with van der Waals surface area (Å²) in [5.41, 5.74) is 0.971. The van der Waals surface area contributed by atoms with E-state index in [1.165, 1.54) is 11.3 Å². The molecule has 1 aromatic carbocycles. The predicted molar refractivity (Wildman–Crippen MR) is 95.9 cm³/mol. The Labute approximate surface area is 148 Å². The van der Waals surface area contributed by atoms with Crippen molar-refractivity contribution >= 4 is 45.7 Å². The van der Waals surface area contributed by atoms with E-state index in [0.717, 1.165) is 26.4 Å². The number of benzene rings is 1. The Morgan fingerprint density at radius 1 is 1.43 bits per heavy atom. The van der Waals surface area contributed by atoms with Crippen LogP contribution in [-0.2, 0) is 4.79 Å². The Balaban J connectivity index is 1.68. The minimum Gasteiger partial charge on any atom is -0.494 e. The average Bonchev–Trinajstić information content (AvgIpc) is 2.95. The number of aromatic nitrogens is 2. The molecule has 0 fully saturated rings. The van der Waals surface area contributed by atoms with Gasteiger partial charge in [-0.2, -0.15) is 0 Å². The third-order valence-corrected chi connectivity index (χ3v) is 5.15. The second kappa shape index (κ2) is 9.10. The quantitative estimate of drug-likeness (QED) is 0.423. The van der Waals surface area contributed by atoms with Crippen LogP contribution < -0.4 is 10.1 Å². The van der Waals surface area contributed by atoms with E-state index in [2.05, 4.69) is 15.5 Å². The lowest BCUT2D eigenvalue weighted by molar-refractivity contribution is -0.116. The van der Waals surface area contributed by atoms with Crippen LogP contribution in [0.2, 0.25) is 5.02 Å². The molecule has 0 unspecified atom stereocenters. The fraction of sp³-hybridized carbons (Fsp3) is 0.400. The number of carbonyl (C=O) groups excluding carboxylic acids is 1. The van der Waals surface area contributed by atoms with Gasteiger partial charge in [-0.1, -0.05) is 41.6 Å². The smallest absolute Gasteiger partial charge is 0.226 e. The fourth-order valence-corrected chi connectivity index (χ4v) is 3.54. The normalized spacial score (nSPS) is 10.6. The molecule has 124 valence electrons. The third kappa shape index (κ3) is 6.01. The Kier molecular flexibility index (Phi) is 7.14. The van der Waals surface area contributed by atoms with Gasteiger partial charge in [0, 0.05) is 11.4 Å². The molecule has 5 nitrogen and oxygen atoms in total. The summed E-state index contributed by atoms with van der Waals surface area (Å²) < 4.78 is 6.48. The van der Waals surface area contributed by atoms with E-state index in [-0.39, 0.29) is 5.91 Å². The van der Waals surface area contributed by atoms with Crippen molar-refractivity contribution in [3.63, 3.8) is 0 Å². The van der Waals surface area contributed by atoms with Gasteiger partial charge in [-0.3, -0.25) is 4.79 Å². The molecule has 1 N–H and O–H groups in total. The zero-order chi connectivity index (χ0) is 16.7. The van der Waals surface area contributed by atoms with Crippen molar-refractivity contribution in [3.05, 3.63) is 28.8 Å². The first kappa shape index (κ1) is 18.0. The lowest BCUT2D eigenvalue weighted by Gasteiger charge is -2.07. The van der Waals surface area contributed by atoms with Crippen molar-refractivity contribution in [2.24, 2.45) is 0 Å². The molecule has 2 rings (SSSR count). The first-order valence-electron chi connectivity index (χ1n) is 7.23. The Morgan fingerprint density at radius 3 is 3.00 bits per heavy atom. The maximum Gasteiger partial charge on any atom is 0.226 e. The first-order chi connectivity index (χ1) is 11.1. The van der Waals surface area contributed by atoms with Gasteiger partial charge in [0.25, 0.3) is 0 Å². The number of nitrogens with zero attached hydrogens (tertiary/aromatic N) is 2. The van der Waals surface area contributed by atoms with Crippen molar-refractivity contribution in [3.8, 4) is 5.75 Å². The number of hydrogen-bond donors (Lipinski definition) is 1. The molecule has 0 saturated carbocycles. The number of amides is 1. The fourth-order valence-electron chi connectivity index (χ4n) is 1.75. The van der Waals surface area contributed by atoms with Crippen LogP contribution in [0.1, 0.15) is 25.3 Å². The van der Waals surface area contributed by atoms with Crippen LogP contribution in [0.3, 0.4) is 0 Å². The summed E-state index contributed by atoms with van der Waals surface area (Å²) in [5, 5.41) is 11.9. The summed E-state index contributed by atoms with van der Waals surface area (Å²) in [7, 11) is 0. The number of ether oxygens (including phenoxy) is 1. The Bertz CT molecular complexity index is 664. The summed E-state index contributed by atoms with van der Waals surface area (Å²) in [5.74, 6) is 1.62. The number of carbonyl (C=O) groups is 1. The van der Waals surface area contributed by atoms with Gasteiger partial charge in [-0.15, -0.1) is 10.2 Å². The van der Waals surface area contributed by atoms with E-state index in [1.54, 1.807) is 17.8 Å². The number of anilines is 1. The standard InChI is InChI=1S/C15H18ClN3O2S2/c1-3-22-15-19-18-14(23-15)17-13(20)5-4-8-21-11-6-7-12(16)10(2)9-11/h6-7,9H,3-5,8H2,1-2H3,(H,17,18,20). The molecule has 0 aliphatic rings. The molecule has 1 heterocycles. The molecule has 23 heavy (non-hydrogen) atoms. The minimum atomic E-state index is -0.0786. The molecule has 0 aliphatic carbocycles. The van der Waals surface area contributed by atoms with E-state index < -0.39 is 0 Å². The average molecular weight is 372 g/mol. The number of rotatable bonds is 8. The molecule has 1 aromatic heterocycles. The van der Waals surface area contributed by atoms with E-state index in [0.29, 0.717) is 24.6 Å². The van der Waals surface area contributed by atoms with Gasteiger partial charge in [0.2, 0.25) is 11.0 Å². The number of thioether (sulfide) groups is 1. The van der Waals surface area contributed by atoms with E-state index >= 15 is 0 Å². The van der Waals surface area contributed by atoms with Crippen LogP contribution in [-0.4, -0.2) is 28.5 Å². The van der Waals surface area contributed by atoms with Crippen LogP contribution in [0.25, 0.3) is 0 Å². The largest absolute Gasteiger partial charge is 0.494 e. The number of nitrogens with one attached hydrogen (secondary N) is 1. The maximum atomic E-state index is 11.8. The molecule has 0 radical (unpaired) electrons. The highest BCUT2D eigenvalue weighted by atomic mass is 35.5. The summed E-state index contributed by atoms with van der Waals surface area (Å²) in [6, 6.07) is 5.51. The highest BCUT2D eigenvalue weighted by Gasteiger charge is 2.08. The van der Waals surface area contributed by atoms with Crippen molar-refractivity contribution in [2.45, 2.75) is 31.0 Å². The number of aryl methyl sites for hydroxylation is 1. The zero-order valence-corrected chi connectivity index (χ0v) is 15.4. The van der Waals surface area contributed by atoms with Crippen LogP contribution in [0.4, 0.5) is 5.13 Å². The van der Waals surface area contributed by atoms with Gasteiger partial charge >= 0.3 is 0 Å². The summed E-state index contributed by atoms with van der Waals surface area (Å²) in [6.07, 6.45) is 1.01. The molecule has 0 spiro atoms. The van der Waals surface area contributed by atoms with Crippen LogP contribution in [0.15, 0.2) is 22.5 Å². The highest BCUT2D eigenvalue weighted by Crippen LogP contribution is 2.25. The van der Waals surface area contributed by atoms with Gasteiger partial charge in [0.15, 0.2) is 4.34 Å². The second-order valence-electron chi connectivity index (χ2n) is 4.72. The molecule has 0 bridgehead atoms. The van der Waals surface area contributed by atoms with Gasteiger partial charge in [0.05, 0.1) is 6.61 Å². The minimum absolute atomic E-state index is 0.0786. The molecule has 0 saturated heterocycles. The van der Waals surface area contributed by atoms with Crippen molar-refractivity contribution < 1.29 is 9.53 Å². The SMILES string of the molecule is CCSc1nnc(NC(=O)CCCOc2ccc(Cl)c(C)c2)s1. The van der Waals surface area contributed by atoms with Gasteiger partial charge in [-0.25, -0.2) is 0 Å². The molecule has 2 aromatic rings. The molecule has 0 atom stereocenters. The van der Waals surface area contributed by atoms with Crippen molar-refractivity contribution in [2.75, 3.05) is 17.7 Å². The molecular weight excluding hydrogens is 354 g/mol. The Hall–Kier alpha value is -1.31. The topological polar surface area (TPSA) is 64.1 Å². The van der Waals surface area contributed by atoms with Crippen molar-refractivity contribution in [1.82, 2.24) is 10.2 Å². The van der Waals surface area contributed by atoms with Crippen molar-refractivity contribution in [1.29, 1.82) is 0 Å². The monoisotopic (exact) mass is 371 g/mol. The maximum absolute atomic E-state index is 11.8. The summed E-state index contributed by atoms with van der Waals surface area (Å²) in [4.78, 5) is 11.8. The van der Waals surface area contributed by atoms with E-state index in [9.17, 15) is 4.79 Å². The van der Waals surface area contributed by atoms with Gasteiger partial charge in [-0.05, 0) is 42.9 Å².